The zero-order valence-corrected chi connectivity index (χ0v) is 12.6. The molecule has 0 aromatic heterocycles. The fourth-order valence-electron chi connectivity index (χ4n) is 1.90. The molecule has 0 radical (unpaired) electrons. The highest BCUT2D eigenvalue weighted by molar-refractivity contribution is 5.36. The van der Waals surface area contributed by atoms with Gasteiger partial charge in [0, 0.05) is 12.2 Å². The molecule has 0 bridgehead atoms. The quantitative estimate of drug-likeness (QED) is 0.694. The molecule has 0 aliphatic carbocycles. The van der Waals surface area contributed by atoms with Gasteiger partial charge in [-0.2, -0.15) is 0 Å². The molecule has 0 fully saturated rings. The highest BCUT2D eigenvalue weighted by atomic mass is 16.5. The van der Waals surface area contributed by atoms with E-state index in [1.807, 2.05) is 32.2 Å². The SMILES string of the molecule is CCOc1ccccc1C(COCCC(C)C)NC. The molecule has 0 spiro atoms. The van der Waals surface area contributed by atoms with Crippen LogP contribution in [-0.2, 0) is 4.74 Å². The lowest BCUT2D eigenvalue weighted by atomic mass is 10.1. The number of ether oxygens (including phenoxy) is 2. The lowest BCUT2D eigenvalue weighted by Crippen LogP contribution is -2.23. The Labute approximate surface area is 117 Å². The number of hydrogen-bond acceptors (Lipinski definition) is 3. The Morgan fingerprint density at radius 1 is 1.21 bits per heavy atom. The van der Waals surface area contributed by atoms with Crippen LogP contribution >= 0.6 is 0 Å². The van der Waals surface area contributed by atoms with Crippen molar-refractivity contribution < 1.29 is 9.47 Å². The summed E-state index contributed by atoms with van der Waals surface area (Å²) in [6, 6.07) is 8.32. The van der Waals surface area contributed by atoms with Crippen LogP contribution in [0, 0.1) is 5.92 Å². The molecule has 1 unspecified atom stereocenters. The summed E-state index contributed by atoms with van der Waals surface area (Å²) < 4.78 is 11.4. The maximum atomic E-state index is 5.77. The van der Waals surface area contributed by atoms with E-state index in [1.165, 1.54) is 0 Å². The van der Waals surface area contributed by atoms with Crippen molar-refractivity contribution >= 4 is 0 Å². The number of hydrogen-bond donors (Lipinski definition) is 1. The summed E-state index contributed by atoms with van der Waals surface area (Å²) in [6.07, 6.45) is 1.10. The average molecular weight is 265 g/mol. The normalized spacial score (nSPS) is 12.7. The number of nitrogens with one attached hydrogen (secondary N) is 1. The maximum Gasteiger partial charge on any atom is 0.124 e. The molecule has 0 saturated carbocycles. The van der Waals surface area contributed by atoms with E-state index < -0.39 is 0 Å². The highest BCUT2D eigenvalue weighted by Gasteiger charge is 2.14. The van der Waals surface area contributed by atoms with Gasteiger partial charge in [-0.3, -0.25) is 0 Å². The van der Waals surface area contributed by atoms with E-state index in [1.54, 1.807) is 0 Å². The molecular formula is C16H27NO2. The number of para-hydroxylation sites is 1. The van der Waals surface area contributed by atoms with E-state index in [2.05, 4.69) is 25.2 Å². The van der Waals surface area contributed by atoms with Crippen LogP contribution in [-0.4, -0.2) is 26.9 Å². The summed E-state index contributed by atoms with van der Waals surface area (Å²) in [5.74, 6) is 1.63. The van der Waals surface area contributed by atoms with Crippen molar-refractivity contribution in [1.82, 2.24) is 5.32 Å². The van der Waals surface area contributed by atoms with Crippen LogP contribution in [0.4, 0.5) is 0 Å². The predicted molar refractivity (Wildman–Crippen MR) is 79.7 cm³/mol. The first kappa shape index (κ1) is 16.0. The predicted octanol–water partition coefficient (Wildman–Crippen LogP) is 3.41. The van der Waals surface area contributed by atoms with Crippen molar-refractivity contribution in [2.75, 3.05) is 26.9 Å². The summed E-state index contributed by atoms with van der Waals surface area (Å²) in [6.45, 7) is 8.60. The summed E-state index contributed by atoms with van der Waals surface area (Å²) in [7, 11) is 1.96. The summed E-state index contributed by atoms with van der Waals surface area (Å²) >= 11 is 0. The molecular weight excluding hydrogens is 238 g/mol. The molecule has 0 saturated heterocycles. The zero-order valence-electron chi connectivity index (χ0n) is 12.6. The Balaban J connectivity index is 2.58. The Bertz CT molecular complexity index is 352. The Morgan fingerprint density at radius 2 is 1.95 bits per heavy atom. The molecule has 3 nitrogen and oxygen atoms in total. The molecule has 0 amide bonds. The summed E-state index contributed by atoms with van der Waals surface area (Å²) in [5.41, 5.74) is 1.16. The monoisotopic (exact) mass is 265 g/mol. The number of benzene rings is 1. The van der Waals surface area contributed by atoms with E-state index in [4.69, 9.17) is 9.47 Å². The topological polar surface area (TPSA) is 30.5 Å². The lowest BCUT2D eigenvalue weighted by molar-refractivity contribution is 0.103. The van der Waals surface area contributed by atoms with Crippen LogP contribution < -0.4 is 10.1 Å². The van der Waals surface area contributed by atoms with Gasteiger partial charge in [0.25, 0.3) is 0 Å². The Kier molecular flexibility index (Phi) is 7.53. The molecule has 1 rings (SSSR count). The molecule has 3 heteroatoms. The van der Waals surface area contributed by atoms with E-state index in [0.717, 1.165) is 24.3 Å². The number of likely N-dealkylation sites (N-methyl/N-ethyl adjacent to an activating group) is 1. The molecule has 1 aromatic rings. The Morgan fingerprint density at radius 3 is 2.58 bits per heavy atom. The van der Waals surface area contributed by atoms with Gasteiger partial charge >= 0.3 is 0 Å². The largest absolute Gasteiger partial charge is 0.494 e. The molecule has 1 N–H and O–H groups in total. The summed E-state index contributed by atoms with van der Waals surface area (Å²) in [4.78, 5) is 0. The molecule has 1 atom stereocenters. The molecule has 1 aromatic carbocycles. The van der Waals surface area contributed by atoms with Crippen molar-refractivity contribution in [2.45, 2.75) is 33.2 Å². The van der Waals surface area contributed by atoms with Gasteiger partial charge in [-0.1, -0.05) is 32.0 Å². The highest BCUT2D eigenvalue weighted by Crippen LogP contribution is 2.25. The van der Waals surface area contributed by atoms with Crippen molar-refractivity contribution in [2.24, 2.45) is 5.92 Å². The first-order valence-corrected chi connectivity index (χ1v) is 7.15. The van der Waals surface area contributed by atoms with Crippen LogP contribution in [0.25, 0.3) is 0 Å². The molecule has 0 aliphatic heterocycles. The first-order chi connectivity index (χ1) is 9.19. The molecule has 108 valence electrons. The van der Waals surface area contributed by atoms with Crippen LogP contribution in [0.2, 0.25) is 0 Å². The third kappa shape index (κ3) is 5.62. The molecule has 0 heterocycles. The van der Waals surface area contributed by atoms with Crippen molar-refractivity contribution in [3.8, 4) is 5.75 Å². The second kappa shape index (κ2) is 8.94. The minimum atomic E-state index is 0.176. The smallest absolute Gasteiger partial charge is 0.124 e. The average Bonchev–Trinajstić information content (AvgIpc) is 2.40. The van der Waals surface area contributed by atoms with Gasteiger partial charge in [0.15, 0.2) is 0 Å². The molecule has 0 aliphatic rings. The van der Waals surface area contributed by atoms with Crippen LogP contribution in [0.3, 0.4) is 0 Å². The van der Waals surface area contributed by atoms with E-state index >= 15 is 0 Å². The Hall–Kier alpha value is -1.06. The van der Waals surface area contributed by atoms with Gasteiger partial charge in [0.2, 0.25) is 0 Å². The van der Waals surface area contributed by atoms with Gasteiger partial charge in [-0.25, -0.2) is 0 Å². The van der Waals surface area contributed by atoms with Gasteiger partial charge in [0.05, 0.1) is 19.3 Å². The van der Waals surface area contributed by atoms with Gasteiger partial charge in [0.1, 0.15) is 5.75 Å². The van der Waals surface area contributed by atoms with E-state index in [0.29, 0.717) is 19.1 Å². The van der Waals surface area contributed by atoms with E-state index in [9.17, 15) is 0 Å². The standard InChI is InChI=1S/C16H27NO2/c1-5-19-16-9-7-6-8-14(16)15(17-4)12-18-11-10-13(2)3/h6-9,13,15,17H,5,10-12H2,1-4H3. The zero-order chi connectivity index (χ0) is 14.1. The minimum absolute atomic E-state index is 0.176. The second-order valence-electron chi connectivity index (χ2n) is 5.07. The van der Waals surface area contributed by atoms with Crippen molar-refractivity contribution in [3.05, 3.63) is 29.8 Å². The van der Waals surface area contributed by atoms with Crippen LogP contribution in [0.1, 0.15) is 38.8 Å². The van der Waals surface area contributed by atoms with E-state index in [-0.39, 0.29) is 6.04 Å². The van der Waals surface area contributed by atoms with Crippen molar-refractivity contribution in [3.63, 3.8) is 0 Å². The molecule has 19 heavy (non-hydrogen) atoms. The van der Waals surface area contributed by atoms with Gasteiger partial charge in [-0.15, -0.1) is 0 Å². The lowest BCUT2D eigenvalue weighted by Gasteiger charge is -2.20. The fourth-order valence-corrected chi connectivity index (χ4v) is 1.90. The van der Waals surface area contributed by atoms with Gasteiger partial charge < -0.3 is 14.8 Å². The maximum absolute atomic E-state index is 5.77. The third-order valence-corrected chi connectivity index (χ3v) is 3.07. The summed E-state index contributed by atoms with van der Waals surface area (Å²) in [5, 5.41) is 3.30. The van der Waals surface area contributed by atoms with Crippen molar-refractivity contribution in [1.29, 1.82) is 0 Å². The van der Waals surface area contributed by atoms with Crippen LogP contribution in [0.5, 0.6) is 5.75 Å². The van der Waals surface area contributed by atoms with Gasteiger partial charge in [-0.05, 0) is 32.4 Å². The van der Waals surface area contributed by atoms with Crippen LogP contribution in [0.15, 0.2) is 24.3 Å². The third-order valence-electron chi connectivity index (χ3n) is 3.07. The first-order valence-electron chi connectivity index (χ1n) is 7.15. The number of rotatable bonds is 9. The fraction of sp³-hybridized carbons (Fsp3) is 0.625. The minimum Gasteiger partial charge on any atom is -0.494 e. The second-order valence-corrected chi connectivity index (χ2v) is 5.07.